The summed E-state index contributed by atoms with van der Waals surface area (Å²) in [5.74, 6) is -0.272. The van der Waals surface area contributed by atoms with E-state index in [2.05, 4.69) is 30.7 Å². The molecule has 0 bridgehead atoms. The van der Waals surface area contributed by atoms with Crippen LogP contribution in [-0.4, -0.2) is 35.6 Å². The Morgan fingerprint density at radius 3 is 2.95 bits per heavy atom. The molecule has 0 saturated carbocycles. The molecule has 3 aromatic rings. The summed E-state index contributed by atoms with van der Waals surface area (Å²) >= 11 is 5.68. The maximum absolute atomic E-state index is 9.75. The summed E-state index contributed by atoms with van der Waals surface area (Å²) in [6, 6.07) is 3.09. The number of fused-ring (bicyclic) bond motifs is 1. The minimum atomic E-state index is -0.347. The molecular formula is C11H9ClN6O2. The Bertz CT molecular complexity index is 775. The SMILES string of the molecule is Oc1c(Cl)ccc(CNc2ncc3nn[nH]c3n2)c1O. The van der Waals surface area contributed by atoms with Gasteiger partial charge in [-0.25, -0.2) is 10.1 Å². The quantitative estimate of drug-likeness (QED) is 0.539. The lowest BCUT2D eigenvalue weighted by Gasteiger charge is -2.08. The lowest BCUT2D eigenvalue weighted by Crippen LogP contribution is -2.03. The molecule has 4 N–H and O–H groups in total. The van der Waals surface area contributed by atoms with E-state index < -0.39 is 0 Å². The first-order valence-corrected chi connectivity index (χ1v) is 6.00. The van der Waals surface area contributed by atoms with Gasteiger partial charge in [-0.2, -0.15) is 4.98 Å². The molecule has 0 saturated heterocycles. The van der Waals surface area contributed by atoms with Gasteiger partial charge in [-0.05, 0) is 6.07 Å². The smallest absolute Gasteiger partial charge is 0.225 e. The van der Waals surface area contributed by atoms with Crippen LogP contribution in [0.1, 0.15) is 5.56 Å². The Morgan fingerprint density at radius 1 is 1.25 bits per heavy atom. The van der Waals surface area contributed by atoms with E-state index in [4.69, 9.17) is 11.6 Å². The molecule has 9 heteroatoms. The summed E-state index contributed by atoms with van der Waals surface area (Å²) in [5, 5.41) is 32.3. The van der Waals surface area contributed by atoms with Gasteiger partial charge in [-0.3, -0.25) is 0 Å². The fourth-order valence-electron chi connectivity index (χ4n) is 1.66. The fraction of sp³-hybridized carbons (Fsp3) is 0.0909. The van der Waals surface area contributed by atoms with Crippen molar-refractivity contribution >= 4 is 28.7 Å². The zero-order chi connectivity index (χ0) is 14.1. The molecule has 0 atom stereocenters. The minimum Gasteiger partial charge on any atom is -0.504 e. The van der Waals surface area contributed by atoms with E-state index in [0.717, 1.165) is 0 Å². The van der Waals surface area contributed by atoms with Crippen LogP contribution in [0.5, 0.6) is 11.5 Å². The number of phenols is 2. The third kappa shape index (κ3) is 2.16. The Kier molecular flexibility index (Phi) is 2.99. The first kappa shape index (κ1) is 12.4. The minimum absolute atomic E-state index is 0.0902. The highest BCUT2D eigenvalue weighted by molar-refractivity contribution is 6.32. The highest BCUT2D eigenvalue weighted by Crippen LogP contribution is 2.35. The van der Waals surface area contributed by atoms with Crippen LogP contribution in [0.4, 0.5) is 5.95 Å². The Labute approximate surface area is 117 Å². The van der Waals surface area contributed by atoms with Crippen LogP contribution < -0.4 is 5.32 Å². The van der Waals surface area contributed by atoms with Gasteiger partial charge < -0.3 is 15.5 Å². The third-order valence-corrected chi connectivity index (χ3v) is 3.01. The van der Waals surface area contributed by atoms with Crippen molar-refractivity contribution in [2.24, 2.45) is 0 Å². The monoisotopic (exact) mass is 292 g/mol. The van der Waals surface area contributed by atoms with Crippen molar-refractivity contribution in [3.63, 3.8) is 0 Å². The van der Waals surface area contributed by atoms with Crippen LogP contribution in [0, 0.1) is 0 Å². The molecule has 0 aliphatic heterocycles. The maximum atomic E-state index is 9.75. The summed E-state index contributed by atoms with van der Waals surface area (Å²) in [4.78, 5) is 8.20. The van der Waals surface area contributed by atoms with Gasteiger partial charge in [-0.1, -0.05) is 22.9 Å². The van der Waals surface area contributed by atoms with Crippen molar-refractivity contribution in [2.45, 2.75) is 6.54 Å². The third-order valence-electron chi connectivity index (χ3n) is 2.71. The maximum Gasteiger partial charge on any atom is 0.225 e. The number of nitrogens with one attached hydrogen (secondary N) is 2. The summed E-state index contributed by atoms with van der Waals surface area (Å²) in [5.41, 5.74) is 1.53. The van der Waals surface area contributed by atoms with Crippen LogP contribution in [-0.2, 0) is 6.54 Å². The average molecular weight is 293 g/mol. The van der Waals surface area contributed by atoms with Crippen LogP contribution in [0.25, 0.3) is 11.2 Å². The van der Waals surface area contributed by atoms with Crippen molar-refractivity contribution < 1.29 is 10.2 Å². The first-order valence-electron chi connectivity index (χ1n) is 5.62. The highest BCUT2D eigenvalue weighted by Gasteiger charge is 2.10. The summed E-state index contributed by atoms with van der Waals surface area (Å²) in [6.07, 6.45) is 1.52. The molecule has 0 aliphatic carbocycles. The molecule has 0 radical (unpaired) electrons. The molecule has 0 fully saturated rings. The number of phenolic OH excluding ortho intramolecular Hbond substituents is 2. The fourth-order valence-corrected chi connectivity index (χ4v) is 1.81. The van der Waals surface area contributed by atoms with Crippen LogP contribution >= 0.6 is 11.6 Å². The van der Waals surface area contributed by atoms with Crippen molar-refractivity contribution in [2.75, 3.05) is 5.32 Å². The van der Waals surface area contributed by atoms with E-state index >= 15 is 0 Å². The normalized spacial score (nSPS) is 10.8. The molecule has 20 heavy (non-hydrogen) atoms. The largest absolute Gasteiger partial charge is 0.504 e. The topological polar surface area (TPSA) is 120 Å². The van der Waals surface area contributed by atoms with Crippen molar-refractivity contribution in [1.82, 2.24) is 25.4 Å². The van der Waals surface area contributed by atoms with Crippen molar-refractivity contribution in [3.8, 4) is 11.5 Å². The van der Waals surface area contributed by atoms with Gasteiger partial charge >= 0.3 is 0 Å². The van der Waals surface area contributed by atoms with Gasteiger partial charge in [0.15, 0.2) is 17.1 Å². The molecule has 2 aromatic heterocycles. The van der Waals surface area contributed by atoms with Crippen molar-refractivity contribution in [3.05, 3.63) is 28.9 Å². The van der Waals surface area contributed by atoms with E-state index in [0.29, 0.717) is 22.7 Å². The van der Waals surface area contributed by atoms with E-state index in [1.807, 2.05) is 0 Å². The second-order valence-electron chi connectivity index (χ2n) is 4.00. The van der Waals surface area contributed by atoms with Crippen molar-refractivity contribution in [1.29, 1.82) is 0 Å². The number of aromatic nitrogens is 5. The zero-order valence-corrected chi connectivity index (χ0v) is 10.8. The van der Waals surface area contributed by atoms with Gasteiger partial charge in [-0.15, -0.1) is 5.10 Å². The average Bonchev–Trinajstić information content (AvgIpc) is 2.91. The Hall–Kier alpha value is -2.61. The molecule has 0 spiro atoms. The van der Waals surface area contributed by atoms with Crippen LogP contribution in [0.3, 0.4) is 0 Å². The van der Waals surface area contributed by atoms with E-state index in [1.54, 1.807) is 6.07 Å². The van der Waals surface area contributed by atoms with Gasteiger partial charge in [0.25, 0.3) is 0 Å². The molecule has 0 amide bonds. The number of rotatable bonds is 3. The van der Waals surface area contributed by atoms with E-state index in [-0.39, 0.29) is 23.1 Å². The number of benzene rings is 1. The Morgan fingerprint density at radius 2 is 2.10 bits per heavy atom. The number of halogens is 1. The van der Waals surface area contributed by atoms with E-state index in [1.165, 1.54) is 12.3 Å². The van der Waals surface area contributed by atoms with E-state index in [9.17, 15) is 10.2 Å². The second-order valence-corrected chi connectivity index (χ2v) is 4.40. The standard InChI is InChI=1S/C11H9ClN6O2/c12-6-2-1-5(8(19)9(6)20)3-13-11-14-4-7-10(15-11)17-18-16-7/h1-2,4,19-20H,3H2,(H2,13,14,15,16,17,18). The molecule has 2 heterocycles. The van der Waals surface area contributed by atoms with Gasteiger partial charge in [0.2, 0.25) is 5.95 Å². The second kappa shape index (κ2) is 4.82. The molecule has 8 nitrogen and oxygen atoms in total. The number of anilines is 1. The zero-order valence-electron chi connectivity index (χ0n) is 10.0. The van der Waals surface area contributed by atoms with Gasteiger partial charge in [0.1, 0.15) is 5.52 Å². The van der Waals surface area contributed by atoms with Gasteiger partial charge in [0, 0.05) is 12.1 Å². The first-order chi connectivity index (χ1) is 9.65. The Balaban J connectivity index is 1.80. The summed E-state index contributed by atoms with van der Waals surface area (Å²) in [6.45, 7) is 0.226. The summed E-state index contributed by atoms with van der Waals surface area (Å²) in [7, 11) is 0. The number of nitrogens with zero attached hydrogens (tertiary/aromatic N) is 4. The number of hydrogen-bond acceptors (Lipinski definition) is 7. The lowest BCUT2D eigenvalue weighted by molar-refractivity contribution is 0.400. The number of aromatic hydroxyl groups is 2. The predicted molar refractivity (Wildman–Crippen MR) is 71.6 cm³/mol. The number of H-pyrrole nitrogens is 1. The molecule has 0 unspecified atom stereocenters. The summed E-state index contributed by atoms with van der Waals surface area (Å²) < 4.78 is 0. The molecule has 0 aliphatic rings. The van der Waals surface area contributed by atoms with Crippen LogP contribution in [0.15, 0.2) is 18.3 Å². The van der Waals surface area contributed by atoms with Crippen LogP contribution in [0.2, 0.25) is 5.02 Å². The highest BCUT2D eigenvalue weighted by atomic mass is 35.5. The predicted octanol–water partition coefficient (Wildman–Crippen LogP) is 1.42. The molecule has 1 aromatic carbocycles. The lowest BCUT2D eigenvalue weighted by atomic mass is 10.2. The number of aromatic amines is 1. The molecule has 3 rings (SSSR count). The molecular weight excluding hydrogens is 284 g/mol. The number of hydrogen-bond donors (Lipinski definition) is 4. The van der Waals surface area contributed by atoms with Gasteiger partial charge in [0.05, 0.1) is 11.2 Å². The molecule has 102 valence electrons.